The lowest BCUT2D eigenvalue weighted by Crippen LogP contribution is -2.47. The average Bonchev–Trinajstić information content (AvgIpc) is 2.91. The number of Topliss-reactive ketones (excluding diaryl/α,β-unsaturated/α-hetero) is 1. The number of carbonyl (C=O) groups excluding carboxylic acids is 3. The number of methoxy groups -OCH3 is 1. The highest BCUT2D eigenvalue weighted by atomic mass is 35.5. The SMILES string of the molecule is COc1cc(Nc2ncc(Cl)c(Nc3ccccc3C(=O)C(=O)NC3CCN(C(C)=O)CC3)n2)ccc1F. The van der Waals surface area contributed by atoms with E-state index in [9.17, 15) is 18.8 Å². The van der Waals surface area contributed by atoms with Crippen LogP contribution in [0.4, 0.5) is 27.5 Å². The minimum Gasteiger partial charge on any atom is -0.494 e. The van der Waals surface area contributed by atoms with Gasteiger partial charge in [-0.1, -0.05) is 23.7 Å². The average molecular weight is 541 g/mol. The molecule has 3 N–H and O–H groups in total. The molecule has 0 atom stereocenters. The van der Waals surface area contributed by atoms with Gasteiger partial charge in [0.15, 0.2) is 17.4 Å². The first-order valence-corrected chi connectivity index (χ1v) is 12.2. The molecule has 1 aromatic heterocycles. The quantitative estimate of drug-likeness (QED) is 0.288. The van der Waals surface area contributed by atoms with Crippen LogP contribution in [0, 0.1) is 5.82 Å². The number of nitrogens with zero attached hydrogens (tertiary/aromatic N) is 3. The Morgan fingerprint density at radius 3 is 2.55 bits per heavy atom. The van der Waals surface area contributed by atoms with Crippen molar-refractivity contribution in [2.24, 2.45) is 0 Å². The number of anilines is 4. The maximum absolute atomic E-state index is 13.7. The predicted molar refractivity (Wildman–Crippen MR) is 141 cm³/mol. The summed E-state index contributed by atoms with van der Waals surface area (Å²) in [7, 11) is 1.36. The maximum Gasteiger partial charge on any atom is 0.292 e. The zero-order chi connectivity index (χ0) is 27.2. The molecule has 1 saturated heterocycles. The number of para-hydroxylation sites is 1. The fourth-order valence-electron chi connectivity index (χ4n) is 4.01. The van der Waals surface area contributed by atoms with Crippen LogP contribution in [-0.2, 0) is 9.59 Å². The van der Waals surface area contributed by atoms with Gasteiger partial charge < -0.3 is 25.6 Å². The fourth-order valence-corrected chi connectivity index (χ4v) is 4.15. The number of ether oxygens (including phenoxy) is 1. The summed E-state index contributed by atoms with van der Waals surface area (Å²) in [5.41, 5.74) is 0.950. The molecule has 2 heterocycles. The number of halogens is 2. The fraction of sp³-hybridized carbons (Fsp3) is 0.269. The Kier molecular flexibility index (Phi) is 8.37. The molecular formula is C26H26ClFN6O4. The van der Waals surface area contributed by atoms with Gasteiger partial charge in [0.05, 0.1) is 24.6 Å². The molecule has 0 aliphatic carbocycles. The number of benzene rings is 2. The second kappa shape index (κ2) is 11.9. The van der Waals surface area contributed by atoms with E-state index in [0.29, 0.717) is 37.3 Å². The van der Waals surface area contributed by atoms with E-state index in [0.717, 1.165) is 0 Å². The molecule has 3 aromatic rings. The van der Waals surface area contributed by atoms with Gasteiger partial charge in [-0.25, -0.2) is 9.37 Å². The summed E-state index contributed by atoms with van der Waals surface area (Å²) in [5.74, 6) is -1.57. The summed E-state index contributed by atoms with van der Waals surface area (Å²) in [5, 5.41) is 8.90. The van der Waals surface area contributed by atoms with Gasteiger partial charge >= 0.3 is 0 Å². The largest absolute Gasteiger partial charge is 0.494 e. The molecule has 0 unspecified atom stereocenters. The lowest BCUT2D eigenvalue weighted by Gasteiger charge is -2.31. The van der Waals surface area contributed by atoms with Crippen molar-refractivity contribution < 1.29 is 23.5 Å². The van der Waals surface area contributed by atoms with Crippen molar-refractivity contribution in [1.29, 1.82) is 0 Å². The van der Waals surface area contributed by atoms with Crippen LogP contribution in [0.25, 0.3) is 0 Å². The molecule has 0 bridgehead atoms. The van der Waals surface area contributed by atoms with Crippen LogP contribution in [0.2, 0.25) is 5.02 Å². The highest BCUT2D eigenvalue weighted by Gasteiger charge is 2.26. The minimum atomic E-state index is -0.734. The standard InChI is InChI=1S/C26H26ClFN6O4/c1-15(35)34-11-9-16(10-12-34)30-25(37)23(36)18-5-3-4-6-21(18)32-24-19(27)14-29-26(33-24)31-17-7-8-20(28)22(13-17)38-2/h3-8,13-14,16H,9-12H2,1-2H3,(H,30,37)(H2,29,31,32,33). The van der Waals surface area contributed by atoms with Crippen molar-refractivity contribution in [3.63, 3.8) is 0 Å². The van der Waals surface area contributed by atoms with Gasteiger partial charge in [0.25, 0.3) is 11.7 Å². The predicted octanol–water partition coefficient (Wildman–Crippen LogP) is 4.07. The molecule has 2 amide bonds. The van der Waals surface area contributed by atoms with E-state index < -0.39 is 17.5 Å². The summed E-state index contributed by atoms with van der Waals surface area (Å²) in [6, 6.07) is 10.5. The summed E-state index contributed by atoms with van der Waals surface area (Å²) >= 11 is 6.30. The Morgan fingerprint density at radius 2 is 1.84 bits per heavy atom. The van der Waals surface area contributed by atoms with Crippen LogP contribution >= 0.6 is 11.6 Å². The minimum absolute atomic E-state index is 0.00927. The molecule has 1 fully saturated rings. The molecule has 2 aromatic carbocycles. The highest BCUT2D eigenvalue weighted by molar-refractivity contribution is 6.44. The molecular weight excluding hydrogens is 515 g/mol. The smallest absolute Gasteiger partial charge is 0.292 e. The van der Waals surface area contributed by atoms with Gasteiger partial charge in [0.1, 0.15) is 5.02 Å². The van der Waals surface area contributed by atoms with Crippen molar-refractivity contribution in [1.82, 2.24) is 20.2 Å². The molecule has 1 aliphatic rings. The number of rotatable bonds is 8. The van der Waals surface area contributed by atoms with Crippen molar-refractivity contribution in [3.05, 3.63) is 65.1 Å². The molecule has 0 saturated carbocycles. The first-order valence-electron chi connectivity index (χ1n) is 11.8. The van der Waals surface area contributed by atoms with Crippen molar-refractivity contribution in [2.75, 3.05) is 30.8 Å². The van der Waals surface area contributed by atoms with Crippen molar-refractivity contribution in [2.45, 2.75) is 25.8 Å². The lowest BCUT2D eigenvalue weighted by atomic mass is 10.0. The van der Waals surface area contributed by atoms with E-state index >= 15 is 0 Å². The molecule has 38 heavy (non-hydrogen) atoms. The molecule has 198 valence electrons. The number of nitrogens with one attached hydrogen (secondary N) is 3. The van der Waals surface area contributed by atoms with Crippen molar-refractivity contribution >= 4 is 52.3 Å². The number of aromatic nitrogens is 2. The van der Waals surface area contributed by atoms with Gasteiger partial charge in [-0.3, -0.25) is 14.4 Å². The van der Waals surface area contributed by atoms with E-state index in [1.807, 2.05) is 0 Å². The van der Waals surface area contributed by atoms with Crippen LogP contribution in [0.1, 0.15) is 30.1 Å². The Balaban J connectivity index is 1.47. The summed E-state index contributed by atoms with van der Waals surface area (Å²) in [6.07, 6.45) is 2.51. The normalized spacial score (nSPS) is 13.5. The van der Waals surface area contributed by atoms with E-state index in [1.54, 1.807) is 23.1 Å². The molecule has 0 spiro atoms. The Labute approximate surface area is 223 Å². The second-order valence-electron chi connectivity index (χ2n) is 8.62. The number of amides is 2. The summed E-state index contributed by atoms with van der Waals surface area (Å²) in [4.78, 5) is 47.5. The highest BCUT2D eigenvalue weighted by Crippen LogP contribution is 2.28. The van der Waals surface area contributed by atoms with Crippen LogP contribution in [0.5, 0.6) is 5.75 Å². The van der Waals surface area contributed by atoms with Gasteiger partial charge in [-0.05, 0) is 37.1 Å². The monoisotopic (exact) mass is 540 g/mol. The molecule has 10 nitrogen and oxygen atoms in total. The molecule has 1 aliphatic heterocycles. The number of ketones is 1. The Bertz CT molecular complexity index is 1360. The van der Waals surface area contributed by atoms with Crippen LogP contribution in [0.3, 0.4) is 0 Å². The Morgan fingerprint density at radius 1 is 1.11 bits per heavy atom. The van der Waals surface area contributed by atoms with Gasteiger partial charge in [0, 0.05) is 37.8 Å². The number of likely N-dealkylation sites (tertiary alicyclic amines) is 1. The lowest BCUT2D eigenvalue weighted by molar-refractivity contribution is -0.130. The van der Waals surface area contributed by atoms with Gasteiger partial charge in [0.2, 0.25) is 11.9 Å². The van der Waals surface area contributed by atoms with E-state index in [1.165, 1.54) is 44.5 Å². The number of carbonyl (C=O) groups is 3. The maximum atomic E-state index is 13.7. The zero-order valence-electron chi connectivity index (χ0n) is 20.8. The van der Waals surface area contributed by atoms with E-state index in [4.69, 9.17) is 16.3 Å². The van der Waals surface area contributed by atoms with Crippen molar-refractivity contribution in [3.8, 4) is 5.75 Å². The van der Waals surface area contributed by atoms with E-state index in [-0.39, 0.29) is 40.1 Å². The zero-order valence-corrected chi connectivity index (χ0v) is 21.5. The van der Waals surface area contributed by atoms with Crippen LogP contribution < -0.4 is 20.7 Å². The number of hydrogen-bond acceptors (Lipinski definition) is 8. The topological polar surface area (TPSA) is 126 Å². The second-order valence-corrected chi connectivity index (χ2v) is 9.03. The number of piperidine rings is 1. The molecule has 0 radical (unpaired) electrons. The number of hydrogen-bond donors (Lipinski definition) is 3. The first-order chi connectivity index (χ1) is 18.2. The summed E-state index contributed by atoms with van der Waals surface area (Å²) < 4.78 is 18.7. The van der Waals surface area contributed by atoms with E-state index in [2.05, 4.69) is 25.9 Å². The molecule has 12 heteroatoms. The third-order valence-corrected chi connectivity index (χ3v) is 6.33. The van der Waals surface area contributed by atoms with Crippen LogP contribution in [-0.4, -0.2) is 58.7 Å². The van der Waals surface area contributed by atoms with Crippen LogP contribution in [0.15, 0.2) is 48.7 Å². The first kappa shape index (κ1) is 26.8. The third kappa shape index (κ3) is 6.35. The summed E-state index contributed by atoms with van der Waals surface area (Å²) in [6.45, 7) is 2.56. The third-order valence-electron chi connectivity index (χ3n) is 6.06. The Hall–Kier alpha value is -4.25. The van der Waals surface area contributed by atoms with Gasteiger partial charge in [-0.2, -0.15) is 4.98 Å². The molecule has 4 rings (SSSR count). The van der Waals surface area contributed by atoms with Gasteiger partial charge in [-0.15, -0.1) is 0 Å².